The molecule has 2 rings (SSSR count). The minimum absolute atomic E-state index is 0.0145. The van der Waals surface area contributed by atoms with Crippen molar-refractivity contribution in [3.63, 3.8) is 0 Å². The Morgan fingerprint density at radius 3 is 2.30 bits per heavy atom. The Hall–Kier alpha value is -2.37. The second-order valence-electron chi connectivity index (χ2n) is 5.99. The van der Waals surface area contributed by atoms with Gasteiger partial charge in [0.15, 0.2) is 0 Å². The third-order valence-corrected chi connectivity index (χ3v) is 4.05. The van der Waals surface area contributed by atoms with Gasteiger partial charge in [-0.2, -0.15) is 0 Å². The zero-order valence-electron chi connectivity index (χ0n) is 13.2. The summed E-state index contributed by atoms with van der Waals surface area (Å²) in [6.07, 6.45) is 1.80. The molecule has 0 aliphatic carbocycles. The molecule has 0 atom stereocenters. The number of amides is 2. The van der Waals surface area contributed by atoms with Gasteiger partial charge in [-0.25, -0.2) is 0 Å². The van der Waals surface area contributed by atoms with Gasteiger partial charge in [-0.3, -0.25) is 14.4 Å². The van der Waals surface area contributed by atoms with Gasteiger partial charge < -0.3 is 15.3 Å². The molecular formula is C17H22N2O4. The van der Waals surface area contributed by atoms with E-state index in [1.165, 1.54) is 0 Å². The molecule has 1 aliphatic heterocycles. The lowest BCUT2D eigenvalue weighted by molar-refractivity contribution is -0.138. The van der Waals surface area contributed by atoms with Crippen LogP contribution in [0.4, 0.5) is 5.69 Å². The smallest absolute Gasteiger partial charge is 0.303 e. The van der Waals surface area contributed by atoms with E-state index in [1.807, 2.05) is 4.90 Å². The normalized spacial score (nSPS) is 15.3. The van der Waals surface area contributed by atoms with Crippen LogP contribution in [-0.4, -0.2) is 40.9 Å². The fourth-order valence-corrected chi connectivity index (χ4v) is 2.53. The number of benzene rings is 1. The first kappa shape index (κ1) is 17.0. The predicted octanol–water partition coefficient (Wildman–Crippen LogP) is 2.36. The molecule has 0 bridgehead atoms. The summed E-state index contributed by atoms with van der Waals surface area (Å²) in [5.74, 6) is -0.670. The van der Waals surface area contributed by atoms with Gasteiger partial charge in [0.2, 0.25) is 5.91 Å². The summed E-state index contributed by atoms with van der Waals surface area (Å²) in [6, 6.07) is 6.71. The van der Waals surface area contributed by atoms with Gasteiger partial charge in [0.25, 0.3) is 5.91 Å². The van der Waals surface area contributed by atoms with Crippen LogP contribution in [0.5, 0.6) is 0 Å². The van der Waals surface area contributed by atoms with Crippen molar-refractivity contribution in [2.75, 3.05) is 18.4 Å². The summed E-state index contributed by atoms with van der Waals surface area (Å²) in [6.45, 7) is 3.77. The molecule has 0 unspecified atom stereocenters. The predicted molar refractivity (Wildman–Crippen MR) is 86.2 cm³/mol. The Kier molecular flexibility index (Phi) is 5.73. The quantitative estimate of drug-likeness (QED) is 0.872. The Bertz CT molecular complexity index is 575. The molecule has 23 heavy (non-hydrogen) atoms. The van der Waals surface area contributed by atoms with Crippen molar-refractivity contribution in [2.24, 2.45) is 5.92 Å². The number of piperidine rings is 1. The van der Waals surface area contributed by atoms with Crippen LogP contribution in [0.3, 0.4) is 0 Å². The lowest BCUT2D eigenvalue weighted by atomic mass is 9.98. The number of hydrogen-bond donors (Lipinski definition) is 2. The lowest BCUT2D eigenvalue weighted by Gasteiger charge is -2.30. The number of carbonyl (C=O) groups is 3. The van der Waals surface area contributed by atoms with Gasteiger partial charge in [-0.05, 0) is 43.0 Å². The molecule has 0 aromatic heterocycles. The summed E-state index contributed by atoms with van der Waals surface area (Å²) in [4.78, 5) is 36.2. The lowest BCUT2D eigenvalue weighted by Crippen LogP contribution is -2.37. The Labute approximate surface area is 135 Å². The standard InChI is InChI=1S/C17H22N2O4/c1-12-8-10-19(11-9-12)17(23)13-2-4-14(5-3-13)18-15(20)6-7-16(21)22/h2-5,12H,6-11H2,1H3,(H,18,20)(H,21,22). The highest BCUT2D eigenvalue weighted by Crippen LogP contribution is 2.19. The summed E-state index contributed by atoms with van der Waals surface area (Å²) < 4.78 is 0. The molecular weight excluding hydrogens is 296 g/mol. The van der Waals surface area contributed by atoms with Crippen molar-refractivity contribution < 1.29 is 19.5 Å². The fourth-order valence-electron chi connectivity index (χ4n) is 2.53. The Morgan fingerprint density at radius 1 is 1.13 bits per heavy atom. The first-order valence-corrected chi connectivity index (χ1v) is 7.86. The molecule has 6 heteroatoms. The summed E-state index contributed by atoms with van der Waals surface area (Å²) in [7, 11) is 0. The van der Waals surface area contributed by atoms with Gasteiger partial charge in [0.05, 0.1) is 6.42 Å². The van der Waals surface area contributed by atoms with E-state index in [1.54, 1.807) is 24.3 Å². The minimum Gasteiger partial charge on any atom is -0.481 e. The van der Waals surface area contributed by atoms with Crippen molar-refractivity contribution in [3.8, 4) is 0 Å². The van der Waals surface area contributed by atoms with E-state index in [0.717, 1.165) is 25.9 Å². The van der Waals surface area contributed by atoms with Crippen molar-refractivity contribution in [1.29, 1.82) is 0 Å². The number of anilines is 1. The molecule has 0 saturated carbocycles. The highest BCUT2D eigenvalue weighted by molar-refractivity contribution is 5.96. The number of carboxylic acid groups (broad SMARTS) is 1. The first-order valence-electron chi connectivity index (χ1n) is 7.86. The highest BCUT2D eigenvalue weighted by atomic mass is 16.4. The summed E-state index contributed by atoms with van der Waals surface area (Å²) in [5, 5.41) is 11.2. The fraction of sp³-hybridized carbons (Fsp3) is 0.471. The van der Waals surface area contributed by atoms with Crippen LogP contribution >= 0.6 is 0 Å². The molecule has 2 N–H and O–H groups in total. The first-order chi connectivity index (χ1) is 11.0. The third kappa shape index (κ3) is 5.09. The van der Waals surface area contributed by atoms with Crippen LogP contribution in [0.2, 0.25) is 0 Å². The van der Waals surface area contributed by atoms with Crippen LogP contribution < -0.4 is 5.32 Å². The molecule has 1 aliphatic rings. The number of rotatable bonds is 5. The zero-order chi connectivity index (χ0) is 16.8. The van der Waals surface area contributed by atoms with Gasteiger partial charge in [0.1, 0.15) is 0 Å². The molecule has 2 amide bonds. The number of carbonyl (C=O) groups excluding carboxylic acids is 2. The number of nitrogens with one attached hydrogen (secondary N) is 1. The number of nitrogens with zero attached hydrogens (tertiary/aromatic N) is 1. The van der Waals surface area contributed by atoms with E-state index in [2.05, 4.69) is 12.2 Å². The maximum absolute atomic E-state index is 12.4. The van der Waals surface area contributed by atoms with Crippen LogP contribution in [-0.2, 0) is 9.59 Å². The maximum atomic E-state index is 12.4. The average molecular weight is 318 g/mol. The summed E-state index contributed by atoms with van der Waals surface area (Å²) >= 11 is 0. The van der Waals surface area contributed by atoms with E-state index >= 15 is 0 Å². The molecule has 1 fully saturated rings. The van der Waals surface area contributed by atoms with Crippen LogP contribution in [0.1, 0.15) is 43.0 Å². The van der Waals surface area contributed by atoms with Crippen molar-refractivity contribution in [3.05, 3.63) is 29.8 Å². The molecule has 6 nitrogen and oxygen atoms in total. The van der Waals surface area contributed by atoms with Crippen LogP contribution in [0, 0.1) is 5.92 Å². The number of likely N-dealkylation sites (tertiary alicyclic amines) is 1. The van der Waals surface area contributed by atoms with Crippen molar-refractivity contribution in [2.45, 2.75) is 32.6 Å². The SMILES string of the molecule is CC1CCN(C(=O)c2ccc(NC(=O)CCC(=O)O)cc2)CC1. The molecule has 0 spiro atoms. The number of carboxylic acids is 1. The molecule has 124 valence electrons. The van der Waals surface area contributed by atoms with Crippen molar-refractivity contribution >= 4 is 23.5 Å². The number of aliphatic carboxylic acids is 1. The molecule has 1 heterocycles. The van der Waals surface area contributed by atoms with E-state index in [9.17, 15) is 14.4 Å². The monoisotopic (exact) mass is 318 g/mol. The maximum Gasteiger partial charge on any atom is 0.303 e. The molecule has 0 radical (unpaired) electrons. The molecule has 1 aromatic rings. The second-order valence-corrected chi connectivity index (χ2v) is 5.99. The highest BCUT2D eigenvalue weighted by Gasteiger charge is 2.21. The largest absolute Gasteiger partial charge is 0.481 e. The van der Waals surface area contributed by atoms with Crippen LogP contribution in [0.15, 0.2) is 24.3 Å². The number of hydrogen-bond acceptors (Lipinski definition) is 3. The molecule has 1 aromatic carbocycles. The topological polar surface area (TPSA) is 86.7 Å². The Balaban J connectivity index is 1.90. The van der Waals surface area contributed by atoms with Crippen LogP contribution in [0.25, 0.3) is 0 Å². The van der Waals surface area contributed by atoms with E-state index in [-0.39, 0.29) is 24.7 Å². The van der Waals surface area contributed by atoms with Gasteiger partial charge in [0, 0.05) is 30.8 Å². The van der Waals surface area contributed by atoms with Gasteiger partial charge in [-0.15, -0.1) is 0 Å². The minimum atomic E-state index is -1.00. The van der Waals surface area contributed by atoms with E-state index < -0.39 is 5.97 Å². The second kappa shape index (κ2) is 7.76. The van der Waals surface area contributed by atoms with E-state index in [4.69, 9.17) is 5.11 Å². The van der Waals surface area contributed by atoms with Gasteiger partial charge in [-0.1, -0.05) is 6.92 Å². The zero-order valence-corrected chi connectivity index (χ0v) is 13.2. The third-order valence-electron chi connectivity index (χ3n) is 4.05. The molecule has 1 saturated heterocycles. The van der Waals surface area contributed by atoms with Crippen molar-refractivity contribution in [1.82, 2.24) is 4.90 Å². The average Bonchev–Trinajstić information content (AvgIpc) is 2.54. The van der Waals surface area contributed by atoms with Gasteiger partial charge >= 0.3 is 5.97 Å². The Morgan fingerprint density at radius 2 is 1.74 bits per heavy atom. The summed E-state index contributed by atoms with van der Waals surface area (Å²) in [5.41, 5.74) is 1.16. The van der Waals surface area contributed by atoms with E-state index in [0.29, 0.717) is 17.2 Å².